The Bertz CT molecular complexity index is 910. The van der Waals surface area contributed by atoms with E-state index in [1.807, 2.05) is 6.92 Å². The molecule has 1 unspecified atom stereocenters. The summed E-state index contributed by atoms with van der Waals surface area (Å²) in [6.07, 6.45) is -0.434. The molecule has 2 aromatic rings. The number of aromatic carboxylic acids is 1. The smallest absolute Gasteiger partial charge is 0.341 e. The Morgan fingerprint density at radius 1 is 1.38 bits per heavy atom. The molecule has 0 spiro atoms. The molecule has 1 atom stereocenters. The van der Waals surface area contributed by atoms with Crippen LogP contribution < -0.4 is 5.32 Å². The molecule has 0 fully saturated rings. The second kappa shape index (κ2) is 7.36. The summed E-state index contributed by atoms with van der Waals surface area (Å²) in [6, 6.07) is 2.30. The summed E-state index contributed by atoms with van der Waals surface area (Å²) in [7, 11) is -3.49. The van der Waals surface area contributed by atoms with Crippen LogP contribution in [0.3, 0.4) is 0 Å². The summed E-state index contributed by atoms with van der Waals surface area (Å²) in [5, 5.41) is 15.9. The van der Waals surface area contributed by atoms with Crippen molar-refractivity contribution in [3.63, 3.8) is 0 Å². The fourth-order valence-corrected chi connectivity index (χ4v) is 2.71. The summed E-state index contributed by atoms with van der Waals surface area (Å²) in [4.78, 5) is 15.4. The topological polar surface area (TPSA) is 114 Å². The number of sulfone groups is 1. The third-order valence-electron chi connectivity index (χ3n) is 3.69. The molecule has 0 bridgehead atoms. The lowest BCUT2D eigenvalue weighted by molar-refractivity contribution is 0.0685. The van der Waals surface area contributed by atoms with E-state index in [-0.39, 0.29) is 22.6 Å². The van der Waals surface area contributed by atoms with Crippen LogP contribution in [0.5, 0.6) is 0 Å². The van der Waals surface area contributed by atoms with Crippen molar-refractivity contribution in [1.29, 1.82) is 0 Å². The number of hydrogen-bond acceptors (Lipinski definition) is 6. The van der Waals surface area contributed by atoms with E-state index < -0.39 is 33.5 Å². The van der Waals surface area contributed by atoms with Crippen LogP contribution in [0.15, 0.2) is 23.2 Å². The van der Waals surface area contributed by atoms with Gasteiger partial charge < -0.3 is 10.4 Å². The fourth-order valence-electron chi connectivity index (χ4n) is 2.15. The molecule has 11 heteroatoms. The van der Waals surface area contributed by atoms with Crippen molar-refractivity contribution in [1.82, 2.24) is 14.8 Å². The van der Waals surface area contributed by atoms with Crippen LogP contribution >= 0.6 is 0 Å². The summed E-state index contributed by atoms with van der Waals surface area (Å²) in [5.74, 6) is -1.68. The Morgan fingerprint density at radius 3 is 2.46 bits per heavy atom. The van der Waals surface area contributed by atoms with Gasteiger partial charge in [0.15, 0.2) is 15.7 Å². The predicted octanol–water partition coefficient (Wildman–Crippen LogP) is 2.52. The molecular formula is C15H18F2N4O4S. The Balaban J connectivity index is 2.66. The molecule has 8 nitrogen and oxygen atoms in total. The van der Waals surface area contributed by atoms with E-state index >= 15 is 0 Å². The van der Waals surface area contributed by atoms with Crippen LogP contribution in [0.4, 0.5) is 14.6 Å². The molecule has 26 heavy (non-hydrogen) atoms. The first kappa shape index (κ1) is 19.8. The fraction of sp³-hybridized carbons (Fsp3) is 0.400. The number of halogens is 2. The molecule has 2 heterocycles. The molecule has 2 aromatic heterocycles. The number of rotatable bonds is 7. The van der Waals surface area contributed by atoms with Gasteiger partial charge >= 0.3 is 5.97 Å². The quantitative estimate of drug-likeness (QED) is 0.749. The van der Waals surface area contributed by atoms with Crippen molar-refractivity contribution in [2.75, 3.05) is 11.6 Å². The highest BCUT2D eigenvalue weighted by molar-refractivity contribution is 7.90. The number of alkyl halides is 2. The van der Waals surface area contributed by atoms with Gasteiger partial charge in [-0.2, -0.15) is 9.78 Å². The van der Waals surface area contributed by atoms with Crippen molar-refractivity contribution in [2.24, 2.45) is 0 Å². The Kier molecular flexibility index (Phi) is 5.59. The molecule has 0 radical (unpaired) electrons. The minimum Gasteiger partial charge on any atom is -0.477 e. The first-order valence-electron chi connectivity index (χ1n) is 7.63. The lowest BCUT2D eigenvalue weighted by Gasteiger charge is -2.15. The number of carboxylic acids is 1. The average molecular weight is 388 g/mol. The maximum absolute atomic E-state index is 13.3. The van der Waals surface area contributed by atoms with Gasteiger partial charge in [-0.15, -0.1) is 0 Å². The number of aromatic nitrogens is 3. The van der Waals surface area contributed by atoms with Crippen molar-refractivity contribution < 1.29 is 27.1 Å². The van der Waals surface area contributed by atoms with E-state index in [0.29, 0.717) is 6.42 Å². The van der Waals surface area contributed by atoms with E-state index in [1.165, 1.54) is 12.1 Å². The van der Waals surface area contributed by atoms with Crippen LogP contribution in [0.2, 0.25) is 0 Å². The molecule has 2 rings (SSSR count). The minimum atomic E-state index is -3.49. The molecule has 0 amide bonds. The predicted molar refractivity (Wildman–Crippen MR) is 89.8 cm³/mol. The minimum absolute atomic E-state index is 0.0117. The summed E-state index contributed by atoms with van der Waals surface area (Å²) in [5.41, 5.74) is -1.54. The molecule has 2 N–H and O–H groups in total. The van der Waals surface area contributed by atoms with Crippen molar-refractivity contribution >= 4 is 21.6 Å². The van der Waals surface area contributed by atoms with E-state index in [0.717, 1.165) is 17.1 Å². The highest BCUT2D eigenvalue weighted by atomic mass is 32.2. The zero-order chi connectivity index (χ0) is 19.6. The average Bonchev–Trinajstić information content (AvgIpc) is 2.93. The van der Waals surface area contributed by atoms with Crippen LogP contribution in [-0.4, -0.2) is 46.6 Å². The highest BCUT2D eigenvalue weighted by Crippen LogP contribution is 2.30. The van der Waals surface area contributed by atoms with Gasteiger partial charge in [-0.3, -0.25) is 0 Å². The maximum atomic E-state index is 13.3. The Labute approximate surface area is 148 Å². The first-order chi connectivity index (χ1) is 12.1. The molecule has 142 valence electrons. The Morgan fingerprint density at radius 2 is 2.04 bits per heavy atom. The number of anilines is 1. The molecule has 0 aliphatic rings. The monoisotopic (exact) mass is 388 g/mol. The molecule has 0 saturated heterocycles. The van der Waals surface area contributed by atoms with Gasteiger partial charge in [0.2, 0.25) is 0 Å². The summed E-state index contributed by atoms with van der Waals surface area (Å²) < 4.78 is 50.5. The molecule has 0 aliphatic heterocycles. The standard InChI is InChI=1S/C15H18F2N4O4S/c1-4-8(2)19-14-11(15(22)23)12(13(16)17)20-21(14)10-6-5-9(7-18-10)26(3,24)25/h5-8,13,19H,4H2,1-3H3,(H,22,23). The maximum Gasteiger partial charge on any atom is 0.341 e. The summed E-state index contributed by atoms with van der Waals surface area (Å²) in [6.45, 7) is 3.59. The van der Waals surface area contributed by atoms with Gasteiger partial charge in [-0.25, -0.2) is 27.0 Å². The SMILES string of the molecule is CCC(C)Nc1c(C(=O)O)c(C(F)F)nn1-c1ccc(S(C)(=O)=O)cn1. The van der Waals surface area contributed by atoms with Crippen LogP contribution in [0.1, 0.15) is 42.7 Å². The van der Waals surface area contributed by atoms with Crippen molar-refractivity contribution in [3.8, 4) is 5.82 Å². The molecule has 0 aromatic carbocycles. The number of pyridine rings is 1. The third kappa shape index (κ3) is 3.98. The normalized spacial score (nSPS) is 13.0. The number of nitrogens with zero attached hydrogens (tertiary/aromatic N) is 3. The Hall–Kier alpha value is -2.56. The van der Waals surface area contributed by atoms with Crippen LogP contribution in [0.25, 0.3) is 5.82 Å². The first-order valence-corrected chi connectivity index (χ1v) is 9.52. The van der Waals surface area contributed by atoms with Gasteiger partial charge in [-0.1, -0.05) is 6.92 Å². The van der Waals surface area contributed by atoms with Gasteiger partial charge in [0.1, 0.15) is 17.1 Å². The van der Waals surface area contributed by atoms with E-state index in [4.69, 9.17) is 0 Å². The van der Waals surface area contributed by atoms with Crippen molar-refractivity contribution in [3.05, 3.63) is 29.6 Å². The van der Waals surface area contributed by atoms with Crippen molar-refractivity contribution in [2.45, 2.75) is 37.6 Å². The number of nitrogens with one attached hydrogen (secondary N) is 1. The molecule has 0 aliphatic carbocycles. The highest BCUT2D eigenvalue weighted by Gasteiger charge is 2.30. The summed E-state index contributed by atoms with van der Waals surface area (Å²) >= 11 is 0. The zero-order valence-corrected chi connectivity index (χ0v) is 15.1. The van der Waals surface area contributed by atoms with Gasteiger partial charge in [0.05, 0.1) is 4.90 Å². The van der Waals surface area contributed by atoms with E-state index in [9.17, 15) is 27.1 Å². The number of carboxylic acid groups (broad SMARTS) is 1. The largest absolute Gasteiger partial charge is 0.477 e. The molecular weight excluding hydrogens is 370 g/mol. The lowest BCUT2D eigenvalue weighted by atomic mass is 10.2. The second-order valence-corrected chi connectivity index (χ2v) is 7.72. The molecule has 0 saturated carbocycles. The van der Waals surface area contributed by atoms with Gasteiger partial charge in [0, 0.05) is 18.5 Å². The number of hydrogen-bond donors (Lipinski definition) is 2. The van der Waals surface area contributed by atoms with Gasteiger partial charge in [-0.05, 0) is 25.5 Å². The van der Waals surface area contributed by atoms with E-state index in [2.05, 4.69) is 15.4 Å². The number of carbonyl (C=O) groups is 1. The second-order valence-electron chi connectivity index (χ2n) is 5.70. The zero-order valence-electron chi connectivity index (χ0n) is 14.3. The van der Waals surface area contributed by atoms with Gasteiger partial charge in [0.25, 0.3) is 6.43 Å². The van der Waals surface area contributed by atoms with Crippen LogP contribution in [0, 0.1) is 0 Å². The lowest BCUT2D eigenvalue weighted by Crippen LogP contribution is -2.19. The van der Waals surface area contributed by atoms with Crippen LogP contribution in [-0.2, 0) is 9.84 Å². The van der Waals surface area contributed by atoms with E-state index in [1.54, 1.807) is 6.92 Å². The third-order valence-corrected chi connectivity index (χ3v) is 4.79.